The number of hydrogen-bond donors (Lipinski definition) is 0. The highest BCUT2D eigenvalue weighted by molar-refractivity contribution is 5.87. The van der Waals surface area contributed by atoms with Crippen LogP contribution in [0.1, 0.15) is 12.5 Å². The molecule has 1 atom stereocenters. The van der Waals surface area contributed by atoms with Crippen molar-refractivity contribution in [2.24, 2.45) is 4.99 Å². The Morgan fingerprint density at radius 1 is 1.50 bits per heavy atom. The summed E-state index contributed by atoms with van der Waals surface area (Å²) in [5, 5.41) is 0. The zero-order valence-electron chi connectivity index (χ0n) is 10.2. The van der Waals surface area contributed by atoms with Crippen molar-refractivity contribution < 1.29 is 15.6 Å². The van der Waals surface area contributed by atoms with Crippen LogP contribution in [0.4, 0.5) is 4.79 Å². The van der Waals surface area contributed by atoms with Crippen molar-refractivity contribution in [1.82, 2.24) is 0 Å². The lowest BCUT2D eigenvalue weighted by Gasteiger charge is -2.10. The Bertz CT molecular complexity index is 462. The van der Waals surface area contributed by atoms with Crippen LogP contribution < -0.4 is 4.74 Å². The van der Waals surface area contributed by atoms with E-state index in [-0.39, 0.29) is 6.61 Å². The average Bonchev–Trinajstić information content (AvgIpc) is 2.69. The number of aryl methyl sites for hydroxylation is 2. The van der Waals surface area contributed by atoms with Gasteiger partial charge in [0.25, 0.3) is 0 Å². The van der Waals surface area contributed by atoms with E-state index in [1.165, 1.54) is 6.21 Å². The molecule has 1 aromatic carbocycles. The summed E-state index contributed by atoms with van der Waals surface area (Å²) in [7, 11) is 0. The second kappa shape index (κ2) is 4.35. The van der Waals surface area contributed by atoms with E-state index in [1.807, 2.05) is 13.8 Å². The normalized spacial score (nSPS) is 19.5. The molecule has 0 radical (unpaired) electrons. The quantitative estimate of drug-likeness (QED) is 0.785. The molecule has 84 valence electrons. The minimum absolute atomic E-state index is 0.242. The van der Waals surface area contributed by atoms with Gasteiger partial charge in [-0.1, -0.05) is 6.04 Å². The van der Waals surface area contributed by atoms with Gasteiger partial charge < -0.3 is 9.47 Å². The van der Waals surface area contributed by atoms with E-state index >= 15 is 0 Å². The van der Waals surface area contributed by atoms with Crippen LogP contribution in [-0.4, -0.2) is 25.0 Å². The molecule has 1 aromatic rings. The zero-order chi connectivity index (χ0) is 12.4. The SMILES string of the molecule is [2H]c1c(C)cc(OCC2C=NC(=O)O2)cc1C. The van der Waals surface area contributed by atoms with Gasteiger partial charge in [-0.05, 0) is 37.1 Å². The molecule has 1 unspecified atom stereocenters. The highest BCUT2D eigenvalue weighted by Crippen LogP contribution is 2.16. The molecule has 0 N–H and O–H groups in total. The number of benzene rings is 1. The smallest absolute Gasteiger partial charge is 0.434 e. The molecule has 1 heterocycles. The van der Waals surface area contributed by atoms with Gasteiger partial charge in [0.2, 0.25) is 0 Å². The van der Waals surface area contributed by atoms with Crippen LogP contribution in [0.2, 0.25) is 0 Å². The maximum Gasteiger partial charge on any atom is 0.434 e. The maximum atomic E-state index is 10.7. The molecule has 2 rings (SSSR count). The number of ether oxygens (including phenoxy) is 2. The average molecular weight is 220 g/mol. The van der Waals surface area contributed by atoms with E-state index in [2.05, 4.69) is 4.99 Å². The van der Waals surface area contributed by atoms with Crippen LogP contribution in [-0.2, 0) is 4.74 Å². The second-order valence-electron chi connectivity index (χ2n) is 3.69. The maximum absolute atomic E-state index is 10.7. The first-order chi connectivity index (χ1) is 8.06. The molecule has 0 fully saturated rings. The van der Waals surface area contributed by atoms with Gasteiger partial charge in [0.05, 0.1) is 7.59 Å². The van der Waals surface area contributed by atoms with Crippen molar-refractivity contribution in [3.63, 3.8) is 0 Å². The standard InChI is InChI=1S/C12H13NO3/c1-8-3-9(2)5-10(4-8)15-7-11-6-13-12(14)16-11/h3-6,11H,7H2,1-2H3/i3D. The summed E-state index contributed by atoms with van der Waals surface area (Å²) in [6.45, 7) is 3.96. The Kier molecular flexibility index (Phi) is 2.55. The number of carbonyl (C=O) groups excluding carboxylic acids is 1. The van der Waals surface area contributed by atoms with Crippen molar-refractivity contribution in [2.45, 2.75) is 20.0 Å². The lowest BCUT2D eigenvalue weighted by Crippen LogP contribution is -2.20. The number of rotatable bonds is 3. The van der Waals surface area contributed by atoms with Crippen molar-refractivity contribution in [1.29, 1.82) is 0 Å². The Morgan fingerprint density at radius 2 is 2.19 bits per heavy atom. The molecule has 0 spiro atoms. The van der Waals surface area contributed by atoms with Gasteiger partial charge in [-0.3, -0.25) is 0 Å². The van der Waals surface area contributed by atoms with Gasteiger partial charge in [0.15, 0.2) is 6.10 Å². The predicted octanol–water partition coefficient (Wildman–Crippen LogP) is 2.27. The number of nitrogens with zero attached hydrogens (tertiary/aromatic N) is 1. The summed E-state index contributed by atoms with van der Waals surface area (Å²) in [6.07, 6.45) is 0.437. The van der Waals surface area contributed by atoms with Crippen LogP contribution in [0.5, 0.6) is 5.75 Å². The first-order valence-corrected chi connectivity index (χ1v) is 5.01. The third-order valence-electron chi connectivity index (χ3n) is 2.12. The van der Waals surface area contributed by atoms with Crippen molar-refractivity contribution in [3.8, 4) is 5.75 Å². The summed E-state index contributed by atoms with van der Waals surface area (Å²) in [5.41, 5.74) is 1.72. The van der Waals surface area contributed by atoms with E-state index in [0.29, 0.717) is 11.8 Å². The molecule has 4 nitrogen and oxygen atoms in total. The summed E-state index contributed by atoms with van der Waals surface area (Å²) in [5.74, 6) is 0.673. The highest BCUT2D eigenvalue weighted by Gasteiger charge is 2.18. The van der Waals surface area contributed by atoms with Gasteiger partial charge in [0.1, 0.15) is 12.4 Å². The molecule has 0 saturated carbocycles. The fourth-order valence-corrected chi connectivity index (χ4v) is 1.52. The van der Waals surface area contributed by atoms with Crippen LogP contribution in [0.3, 0.4) is 0 Å². The van der Waals surface area contributed by atoms with Gasteiger partial charge in [-0.25, -0.2) is 4.79 Å². The monoisotopic (exact) mass is 220 g/mol. The Hall–Kier alpha value is -1.84. The summed E-state index contributed by atoms with van der Waals surface area (Å²) in [4.78, 5) is 14.2. The molecule has 1 aliphatic heterocycles. The summed E-state index contributed by atoms with van der Waals surface area (Å²) in [6, 6.07) is 4.11. The Labute approximate surface area is 95.3 Å². The zero-order valence-corrected chi connectivity index (χ0v) is 9.19. The van der Waals surface area contributed by atoms with Gasteiger partial charge in [-0.15, -0.1) is 0 Å². The molecule has 1 aliphatic rings. The van der Waals surface area contributed by atoms with Gasteiger partial charge >= 0.3 is 6.09 Å². The van der Waals surface area contributed by atoms with Crippen molar-refractivity contribution in [2.75, 3.05) is 6.61 Å². The third-order valence-corrected chi connectivity index (χ3v) is 2.12. The van der Waals surface area contributed by atoms with Crippen molar-refractivity contribution in [3.05, 3.63) is 29.3 Å². The van der Waals surface area contributed by atoms with Crippen LogP contribution >= 0.6 is 0 Å². The fraction of sp³-hybridized carbons (Fsp3) is 0.333. The Morgan fingerprint density at radius 3 is 2.75 bits per heavy atom. The fourth-order valence-electron chi connectivity index (χ4n) is 1.52. The number of cyclic esters (lactones) is 1. The van der Waals surface area contributed by atoms with Crippen LogP contribution in [0.25, 0.3) is 0 Å². The first-order valence-electron chi connectivity index (χ1n) is 5.51. The predicted molar refractivity (Wildman–Crippen MR) is 60.2 cm³/mol. The summed E-state index contributed by atoms with van der Waals surface area (Å²) < 4.78 is 18.1. The molecular weight excluding hydrogens is 206 g/mol. The molecule has 0 saturated heterocycles. The molecule has 0 bridgehead atoms. The number of aliphatic imine (C=N–C) groups is 1. The molecular formula is C12H13NO3. The van der Waals surface area contributed by atoms with E-state index in [1.54, 1.807) is 12.1 Å². The van der Waals surface area contributed by atoms with E-state index in [9.17, 15) is 4.79 Å². The van der Waals surface area contributed by atoms with E-state index in [0.717, 1.165) is 11.1 Å². The molecule has 0 aromatic heterocycles. The topological polar surface area (TPSA) is 47.9 Å². The minimum Gasteiger partial charge on any atom is -0.489 e. The highest BCUT2D eigenvalue weighted by atomic mass is 16.6. The van der Waals surface area contributed by atoms with E-state index in [4.69, 9.17) is 10.8 Å². The summed E-state index contributed by atoms with van der Waals surface area (Å²) >= 11 is 0. The van der Waals surface area contributed by atoms with Crippen LogP contribution in [0, 0.1) is 13.8 Å². The number of carbonyl (C=O) groups is 1. The number of hydrogen-bond acceptors (Lipinski definition) is 3. The van der Waals surface area contributed by atoms with Crippen LogP contribution in [0.15, 0.2) is 23.2 Å². The number of amides is 1. The van der Waals surface area contributed by atoms with E-state index < -0.39 is 12.2 Å². The van der Waals surface area contributed by atoms with Crippen molar-refractivity contribution >= 4 is 12.3 Å². The minimum atomic E-state index is -0.576. The van der Waals surface area contributed by atoms with Gasteiger partial charge in [0, 0.05) is 0 Å². The lowest BCUT2D eigenvalue weighted by molar-refractivity contribution is 0.119. The molecule has 1 amide bonds. The van der Waals surface area contributed by atoms with Gasteiger partial charge in [-0.2, -0.15) is 4.99 Å². The molecule has 0 aliphatic carbocycles. The first kappa shape index (κ1) is 9.39. The molecule has 4 heteroatoms. The largest absolute Gasteiger partial charge is 0.489 e. The Balaban J connectivity index is 2.00. The lowest BCUT2D eigenvalue weighted by atomic mass is 10.1. The second-order valence-corrected chi connectivity index (χ2v) is 3.69. The third kappa shape index (κ3) is 2.59. The molecule has 16 heavy (non-hydrogen) atoms.